The van der Waals surface area contributed by atoms with Gasteiger partial charge in [0.05, 0.1) is 13.2 Å². The van der Waals surface area contributed by atoms with Crippen LogP contribution in [0.4, 0.5) is 17.1 Å². The molecule has 0 bridgehead atoms. The van der Waals surface area contributed by atoms with Crippen molar-refractivity contribution in [2.24, 2.45) is 5.73 Å². The lowest BCUT2D eigenvalue weighted by atomic mass is 10.1. The van der Waals surface area contributed by atoms with Gasteiger partial charge in [-0.15, -0.1) is 12.4 Å². The van der Waals surface area contributed by atoms with E-state index in [9.17, 15) is 19.5 Å². The second kappa shape index (κ2) is 11.4. The van der Waals surface area contributed by atoms with E-state index in [0.717, 1.165) is 5.56 Å². The van der Waals surface area contributed by atoms with Gasteiger partial charge in [-0.1, -0.05) is 18.2 Å². The van der Waals surface area contributed by atoms with E-state index < -0.39 is 24.0 Å². The second-order valence-corrected chi connectivity index (χ2v) is 7.73. The molecule has 0 aromatic heterocycles. The number of nitrogens with two attached hydrogens (primary N) is 1. The molecule has 2 aromatic rings. The van der Waals surface area contributed by atoms with Crippen LogP contribution in [-0.4, -0.2) is 67.9 Å². The van der Waals surface area contributed by atoms with Crippen molar-refractivity contribution in [1.29, 1.82) is 0 Å². The number of rotatable bonds is 6. The van der Waals surface area contributed by atoms with Gasteiger partial charge >= 0.3 is 0 Å². The summed E-state index contributed by atoms with van der Waals surface area (Å²) in [4.78, 5) is 40.9. The zero-order chi connectivity index (χ0) is 23.4. The highest BCUT2D eigenvalue weighted by molar-refractivity contribution is 6.04. The first-order chi connectivity index (χ1) is 16.0. The van der Waals surface area contributed by atoms with E-state index in [1.807, 2.05) is 0 Å². The van der Waals surface area contributed by atoms with Crippen molar-refractivity contribution in [3.63, 3.8) is 0 Å². The van der Waals surface area contributed by atoms with Crippen LogP contribution in [0.25, 0.3) is 0 Å². The van der Waals surface area contributed by atoms with Gasteiger partial charge in [0, 0.05) is 36.7 Å². The first kappa shape index (κ1) is 25.6. The lowest BCUT2D eigenvalue weighted by Crippen LogP contribution is -2.55. The van der Waals surface area contributed by atoms with Gasteiger partial charge in [-0.3, -0.25) is 14.4 Å². The number of halogens is 1. The van der Waals surface area contributed by atoms with Crippen molar-refractivity contribution >= 4 is 47.2 Å². The van der Waals surface area contributed by atoms with E-state index in [1.54, 1.807) is 53.4 Å². The third-order valence-electron chi connectivity index (χ3n) is 5.57. The van der Waals surface area contributed by atoms with Crippen LogP contribution in [0.3, 0.4) is 0 Å². The summed E-state index contributed by atoms with van der Waals surface area (Å²) in [5.41, 5.74) is 8.14. The number of hydrogen-bond donors (Lipinski definition) is 3. The molecular formula is C23H27ClN4O6. The van der Waals surface area contributed by atoms with Crippen LogP contribution in [0, 0.1) is 0 Å². The lowest BCUT2D eigenvalue weighted by molar-refractivity contribution is -0.150. The third kappa shape index (κ3) is 5.54. The van der Waals surface area contributed by atoms with Gasteiger partial charge in [0.25, 0.3) is 17.7 Å². The molecule has 0 spiro atoms. The Balaban J connectivity index is 0.00000324. The molecule has 2 saturated heterocycles. The van der Waals surface area contributed by atoms with Crippen LogP contribution in [0.5, 0.6) is 0 Å². The lowest BCUT2D eigenvalue weighted by Gasteiger charge is -2.35. The number of aliphatic hydroxyl groups excluding tert-OH is 1. The Morgan fingerprint density at radius 2 is 1.76 bits per heavy atom. The minimum absolute atomic E-state index is 0. The maximum absolute atomic E-state index is 13.1. The van der Waals surface area contributed by atoms with Gasteiger partial charge in [-0.2, -0.15) is 0 Å². The smallest absolute Gasteiger partial charge is 0.259 e. The zero-order valence-corrected chi connectivity index (χ0v) is 19.2. The Kier molecular flexibility index (Phi) is 8.59. The molecule has 2 heterocycles. The largest absolute Gasteiger partial charge is 0.380 e. The quantitative estimate of drug-likeness (QED) is 0.541. The van der Waals surface area contributed by atoms with E-state index >= 15 is 0 Å². The molecule has 0 unspecified atom stereocenters. The molecule has 10 nitrogen and oxygen atoms in total. The molecule has 34 heavy (non-hydrogen) atoms. The summed E-state index contributed by atoms with van der Waals surface area (Å²) >= 11 is 0. The van der Waals surface area contributed by atoms with Crippen molar-refractivity contribution in [1.82, 2.24) is 0 Å². The van der Waals surface area contributed by atoms with Gasteiger partial charge in [0.15, 0.2) is 12.2 Å². The fourth-order valence-corrected chi connectivity index (χ4v) is 3.79. The number of hydrogen-bond acceptors (Lipinski definition) is 7. The first-order valence-electron chi connectivity index (χ1n) is 10.7. The number of nitrogens with zero attached hydrogens (tertiary/aromatic N) is 2. The molecule has 3 amide bonds. The molecule has 11 heteroatoms. The Bertz CT molecular complexity index is 1030. The zero-order valence-electron chi connectivity index (χ0n) is 18.4. The van der Waals surface area contributed by atoms with Crippen molar-refractivity contribution < 1.29 is 29.0 Å². The normalized spacial score (nSPS) is 19.4. The highest BCUT2D eigenvalue weighted by atomic mass is 35.5. The number of carbonyl (C=O) groups excluding carboxylic acids is 3. The maximum Gasteiger partial charge on any atom is 0.259 e. The second-order valence-electron chi connectivity index (χ2n) is 7.73. The van der Waals surface area contributed by atoms with Gasteiger partial charge in [-0.05, 0) is 35.9 Å². The number of nitrogens with one attached hydrogen (secondary N) is 1. The average Bonchev–Trinajstić information content (AvgIpc) is 2.84. The predicted molar refractivity (Wildman–Crippen MR) is 128 cm³/mol. The SMILES string of the molecule is Cl.NCc1ccc(NC(=O)[C@H](O)[C@H]2OCCN(c3cccc(N4CCOCC4=O)c3)C2=O)cc1. The molecular weight excluding hydrogens is 464 g/mol. The molecule has 2 fully saturated rings. The maximum atomic E-state index is 13.1. The summed E-state index contributed by atoms with van der Waals surface area (Å²) in [7, 11) is 0. The fraction of sp³-hybridized carbons (Fsp3) is 0.348. The number of benzene rings is 2. The van der Waals surface area contributed by atoms with E-state index in [2.05, 4.69) is 5.32 Å². The van der Waals surface area contributed by atoms with Gasteiger partial charge in [0.1, 0.15) is 6.61 Å². The van der Waals surface area contributed by atoms with Crippen molar-refractivity contribution in [2.75, 3.05) is 48.0 Å². The van der Waals surface area contributed by atoms with Crippen LogP contribution in [0.15, 0.2) is 48.5 Å². The molecule has 2 atom stereocenters. The van der Waals surface area contributed by atoms with Gasteiger partial charge in [0.2, 0.25) is 0 Å². The van der Waals surface area contributed by atoms with Crippen LogP contribution in [-0.2, 0) is 30.4 Å². The Morgan fingerprint density at radius 1 is 1.09 bits per heavy atom. The van der Waals surface area contributed by atoms with Crippen LogP contribution in [0.2, 0.25) is 0 Å². The molecule has 2 aromatic carbocycles. The monoisotopic (exact) mass is 490 g/mol. The predicted octanol–water partition coefficient (Wildman–Crippen LogP) is 0.662. The van der Waals surface area contributed by atoms with E-state index in [4.69, 9.17) is 15.2 Å². The van der Waals surface area contributed by atoms with E-state index in [-0.39, 0.29) is 38.1 Å². The van der Waals surface area contributed by atoms with Gasteiger partial charge < -0.3 is 35.4 Å². The summed E-state index contributed by atoms with van der Waals surface area (Å²) in [5, 5.41) is 13.1. The molecule has 0 aliphatic carbocycles. The van der Waals surface area contributed by atoms with Crippen LogP contribution in [0.1, 0.15) is 5.56 Å². The van der Waals surface area contributed by atoms with Gasteiger partial charge in [-0.25, -0.2) is 0 Å². The fourth-order valence-electron chi connectivity index (χ4n) is 3.79. The molecule has 2 aliphatic heterocycles. The number of amides is 3. The molecule has 0 radical (unpaired) electrons. The van der Waals surface area contributed by atoms with Crippen LogP contribution < -0.4 is 20.9 Å². The van der Waals surface area contributed by atoms with Crippen LogP contribution >= 0.6 is 12.4 Å². The molecule has 4 rings (SSSR count). The van der Waals surface area contributed by atoms with Crippen molar-refractivity contribution in [3.05, 3.63) is 54.1 Å². The average molecular weight is 491 g/mol. The third-order valence-corrected chi connectivity index (χ3v) is 5.57. The Morgan fingerprint density at radius 3 is 2.44 bits per heavy atom. The highest BCUT2D eigenvalue weighted by Crippen LogP contribution is 2.26. The minimum Gasteiger partial charge on any atom is -0.380 e. The molecule has 0 saturated carbocycles. The highest BCUT2D eigenvalue weighted by Gasteiger charge is 2.39. The van der Waals surface area contributed by atoms with Crippen molar-refractivity contribution in [3.8, 4) is 0 Å². The molecule has 2 aliphatic rings. The summed E-state index contributed by atoms with van der Waals surface area (Å²) in [6, 6.07) is 13.9. The molecule has 182 valence electrons. The Labute approximate surface area is 203 Å². The van der Waals surface area contributed by atoms with E-state index in [1.165, 1.54) is 4.90 Å². The molecule has 4 N–H and O–H groups in total. The number of aliphatic hydroxyl groups is 1. The summed E-state index contributed by atoms with van der Waals surface area (Å²) in [6.45, 7) is 1.65. The van der Waals surface area contributed by atoms with Crippen molar-refractivity contribution in [2.45, 2.75) is 18.8 Å². The minimum atomic E-state index is -1.70. The van der Waals surface area contributed by atoms with E-state index in [0.29, 0.717) is 36.8 Å². The summed E-state index contributed by atoms with van der Waals surface area (Å²) < 4.78 is 10.6. The summed E-state index contributed by atoms with van der Waals surface area (Å²) in [5.74, 6) is -1.44. The summed E-state index contributed by atoms with van der Waals surface area (Å²) in [6.07, 6.45) is -3.05. The topological polar surface area (TPSA) is 134 Å². The first-order valence-corrected chi connectivity index (χ1v) is 10.7. The Hall–Kier alpha value is -3.02. The number of ether oxygens (including phenoxy) is 2. The number of anilines is 3. The number of morpholine rings is 2. The standard InChI is InChI=1S/C23H26N4O6.ClH/c24-13-15-4-6-16(7-5-15)25-22(30)20(29)21-23(31)27(9-11-33-21)18-3-1-2-17(12-18)26-8-10-32-14-19(26)28;/h1-7,12,20-21,29H,8-11,13-14,24H2,(H,25,30);1H/t20-,21-;/m1./s1. The number of carbonyl (C=O) groups is 3.